The third-order valence-corrected chi connectivity index (χ3v) is 3.83. The van der Waals surface area contributed by atoms with Crippen LogP contribution in [0.15, 0.2) is 36.4 Å². The number of ether oxygens (including phenoxy) is 3. The van der Waals surface area contributed by atoms with Crippen LogP contribution in [-0.2, 0) is 15.7 Å². The summed E-state index contributed by atoms with van der Waals surface area (Å²) in [7, 11) is 0. The Kier molecular flexibility index (Phi) is 7.40. The molecule has 156 valence electrons. The van der Waals surface area contributed by atoms with E-state index in [-0.39, 0.29) is 35.3 Å². The van der Waals surface area contributed by atoms with Crippen molar-refractivity contribution < 1.29 is 37.1 Å². The first kappa shape index (κ1) is 22.4. The second-order valence-electron chi connectivity index (χ2n) is 5.51. The molecular formula is C18H15ClF3NO6. The highest BCUT2D eigenvalue weighted by molar-refractivity contribution is 6.32. The van der Waals surface area contributed by atoms with Crippen LogP contribution >= 0.6 is 11.6 Å². The van der Waals surface area contributed by atoms with Gasteiger partial charge in [0.15, 0.2) is 0 Å². The molecule has 0 spiro atoms. The summed E-state index contributed by atoms with van der Waals surface area (Å²) < 4.78 is 53.5. The number of hydrogen-bond donors (Lipinski definition) is 0. The van der Waals surface area contributed by atoms with Crippen LogP contribution in [0, 0.1) is 10.1 Å². The number of nitrogens with zero attached hydrogens (tertiary/aromatic N) is 1. The number of esters is 1. The van der Waals surface area contributed by atoms with E-state index >= 15 is 0 Å². The fraction of sp³-hybridized carbons (Fsp3) is 0.278. The SMILES string of the molecule is CCOCCOC(=O)c1cc(Oc2ccc(C(F)(F)F)cc2Cl)ccc1[N+](=O)[O-]. The lowest BCUT2D eigenvalue weighted by Gasteiger charge is -2.12. The van der Waals surface area contributed by atoms with Crippen molar-refractivity contribution in [1.82, 2.24) is 0 Å². The third kappa shape index (κ3) is 6.06. The Morgan fingerprint density at radius 1 is 1.17 bits per heavy atom. The molecule has 0 fully saturated rings. The van der Waals surface area contributed by atoms with E-state index in [9.17, 15) is 28.1 Å². The van der Waals surface area contributed by atoms with E-state index in [4.69, 9.17) is 25.8 Å². The van der Waals surface area contributed by atoms with Gasteiger partial charge in [0.1, 0.15) is 23.7 Å². The number of alkyl halides is 3. The first-order chi connectivity index (χ1) is 13.6. The van der Waals surface area contributed by atoms with Gasteiger partial charge in [-0.1, -0.05) is 11.6 Å². The maximum absolute atomic E-state index is 12.7. The predicted octanol–water partition coefficient (Wildman–Crippen LogP) is 5.25. The highest BCUT2D eigenvalue weighted by Crippen LogP contribution is 2.37. The van der Waals surface area contributed by atoms with Gasteiger partial charge in [-0.05, 0) is 31.2 Å². The van der Waals surface area contributed by atoms with E-state index in [0.29, 0.717) is 12.7 Å². The lowest BCUT2D eigenvalue weighted by Crippen LogP contribution is -2.12. The minimum Gasteiger partial charge on any atom is -0.459 e. The monoisotopic (exact) mass is 433 g/mol. The van der Waals surface area contributed by atoms with Gasteiger partial charge in [0.05, 0.1) is 22.1 Å². The lowest BCUT2D eigenvalue weighted by molar-refractivity contribution is -0.385. The Labute approximate surface area is 168 Å². The van der Waals surface area contributed by atoms with Crippen molar-refractivity contribution in [2.24, 2.45) is 0 Å². The second-order valence-corrected chi connectivity index (χ2v) is 5.92. The van der Waals surface area contributed by atoms with Crippen molar-refractivity contribution in [3.05, 3.63) is 62.7 Å². The Morgan fingerprint density at radius 3 is 2.48 bits per heavy atom. The normalized spacial score (nSPS) is 11.2. The molecule has 2 aromatic rings. The summed E-state index contributed by atoms with van der Waals surface area (Å²) in [6.07, 6.45) is -4.58. The zero-order valence-corrected chi connectivity index (χ0v) is 15.7. The molecule has 2 aromatic carbocycles. The number of nitro groups is 1. The highest BCUT2D eigenvalue weighted by Gasteiger charge is 2.31. The van der Waals surface area contributed by atoms with Crippen LogP contribution in [0.2, 0.25) is 5.02 Å². The number of carbonyl (C=O) groups is 1. The van der Waals surface area contributed by atoms with E-state index in [0.717, 1.165) is 24.3 Å². The van der Waals surface area contributed by atoms with Crippen molar-refractivity contribution >= 4 is 23.3 Å². The first-order valence-corrected chi connectivity index (χ1v) is 8.59. The Hall–Kier alpha value is -2.85. The molecule has 0 N–H and O–H groups in total. The summed E-state index contributed by atoms with van der Waals surface area (Å²) in [5.41, 5.74) is -1.86. The third-order valence-electron chi connectivity index (χ3n) is 3.54. The Morgan fingerprint density at radius 2 is 1.90 bits per heavy atom. The lowest BCUT2D eigenvalue weighted by atomic mass is 10.1. The van der Waals surface area contributed by atoms with Gasteiger partial charge in [0, 0.05) is 18.7 Å². The quantitative estimate of drug-likeness (QED) is 0.244. The molecule has 0 saturated carbocycles. The summed E-state index contributed by atoms with van der Waals surface area (Å²) >= 11 is 5.83. The molecule has 29 heavy (non-hydrogen) atoms. The van der Waals surface area contributed by atoms with E-state index in [1.165, 1.54) is 6.07 Å². The van der Waals surface area contributed by atoms with Crippen LogP contribution in [0.5, 0.6) is 11.5 Å². The van der Waals surface area contributed by atoms with Gasteiger partial charge in [-0.2, -0.15) is 13.2 Å². The topological polar surface area (TPSA) is 87.9 Å². The molecule has 0 amide bonds. The van der Waals surface area contributed by atoms with Crippen LogP contribution in [0.3, 0.4) is 0 Å². The summed E-state index contributed by atoms with van der Waals surface area (Å²) in [6.45, 7) is 2.17. The molecule has 0 atom stereocenters. The average molecular weight is 434 g/mol. The number of carbonyl (C=O) groups excluding carboxylic acids is 1. The van der Waals surface area contributed by atoms with Gasteiger partial charge < -0.3 is 14.2 Å². The maximum atomic E-state index is 12.7. The van der Waals surface area contributed by atoms with Crippen LogP contribution in [0.1, 0.15) is 22.8 Å². The minimum absolute atomic E-state index is 0.0472. The summed E-state index contributed by atoms with van der Waals surface area (Å²) in [4.78, 5) is 22.6. The van der Waals surface area contributed by atoms with Gasteiger partial charge in [0.25, 0.3) is 5.69 Å². The molecular weight excluding hydrogens is 419 g/mol. The fourth-order valence-corrected chi connectivity index (χ4v) is 2.42. The molecule has 0 aromatic heterocycles. The van der Waals surface area contributed by atoms with E-state index < -0.39 is 28.3 Å². The highest BCUT2D eigenvalue weighted by atomic mass is 35.5. The van der Waals surface area contributed by atoms with E-state index in [2.05, 4.69) is 0 Å². The molecule has 0 saturated heterocycles. The number of halogens is 4. The molecule has 0 bridgehead atoms. The van der Waals surface area contributed by atoms with Crippen molar-refractivity contribution in [2.75, 3.05) is 19.8 Å². The molecule has 7 nitrogen and oxygen atoms in total. The van der Waals surface area contributed by atoms with Crippen molar-refractivity contribution in [3.63, 3.8) is 0 Å². The molecule has 0 aliphatic carbocycles. The molecule has 0 unspecified atom stereocenters. The number of rotatable bonds is 8. The molecule has 11 heteroatoms. The molecule has 0 heterocycles. The zero-order valence-electron chi connectivity index (χ0n) is 15.0. The number of benzene rings is 2. The van der Waals surface area contributed by atoms with E-state index in [1.54, 1.807) is 6.92 Å². The van der Waals surface area contributed by atoms with Crippen molar-refractivity contribution in [1.29, 1.82) is 0 Å². The van der Waals surface area contributed by atoms with Gasteiger partial charge in [-0.3, -0.25) is 10.1 Å². The minimum atomic E-state index is -4.58. The maximum Gasteiger partial charge on any atom is 0.416 e. The van der Waals surface area contributed by atoms with Gasteiger partial charge in [0.2, 0.25) is 0 Å². The summed E-state index contributed by atoms with van der Waals surface area (Å²) in [5.74, 6) is -1.14. The fourth-order valence-electron chi connectivity index (χ4n) is 2.20. The van der Waals surface area contributed by atoms with Crippen LogP contribution in [-0.4, -0.2) is 30.7 Å². The Balaban J connectivity index is 2.26. The number of hydrogen-bond acceptors (Lipinski definition) is 6. The number of nitro benzene ring substituents is 1. The summed E-state index contributed by atoms with van der Waals surface area (Å²) in [5, 5.41) is 10.8. The standard InChI is InChI=1S/C18H15ClF3NO6/c1-2-27-7-8-28-17(24)13-10-12(4-5-15(13)23(25)26)29-16-6-3-11(9-14(16)19)18(20,21)22/h3-6,9-10H,2,7-8H2,1H3. The largest absolute Gasteiger partial charge is 0.459 e. The van der Waals surface area contributed by atoms with Gasteiger partial charge in [-0.25, -0.2) is 4.79 Å². The van der Waals surface area contributed by atoms with Crippen LogP contribution in [0.25, 0.3) is 0 Å². The predicted molar refractivity (Wildman–Crippen MR) is 96.4 cm³/mol. The van der Waals surface area contributed by atoms with Crippen molar-refractivity contribution in [3.8, 4) is 11.5 Å². The Bertz CT molecular complexity index is 904. The molecule has 2 rings (SSSR count). The second kappa shape index (κ2) is 9.57. The average Bonchev–Trinajstić information content (AvgIpc) is 2.65. The molecule has 0 aliphatic heterocycles. The van der Waals surface area contributed by atoms with Crippen LogP contribution in [0.4, 0.5) is 18.9 Å². The first-order valence-electron chi connectivity index (χ1n) is 8.21. The summed E-state index contributed by atoms with van der Waals surface area (Å²) in [6, 6.07) is 5.72. The van der Waals surface area contributed by atoms with Gasteiger partial charge >= 0.3 is 12.1 Å². The molecule has 0 radical (unpaired) electrons. The van der Waals surface area contributed by atoms with E-state index in [1.807, 2.05) is 0 Å². The van der Waals surface area contributed by atoms with Crippen LogP contribution < -0.4 is 4.74 Å². The molecule has 0 aliphatic rings. The van der Waals surface area contributed by atoms with Gasteiger partial charge in [-0.15, -0.1) is 0 Å². The zero-order chi connectivity index (χ0) is 21.6. The smallest absolute Gasteiger partial charge is 0.416 e. The van der Waals surface area contributed by atoms with Crippen molar-refractivity contribution in [2.45, 2.75) is 13.1 Å².